The van der Waals surface area contributed by atoms with Crippen LogP contribution in [0, 0.1) is 0 Å². The Morgan fingerprint density at radius 2 is 2.25 bits per heavy atom. The first kappa shape index (κ1) is 10.9. The Labute approximate surface area is 76.0 Å². The number of hydrogen-bond donors (Lipinski definition) is 0. The van der Waals surface area contributed by atoms with Crippen molar-refractivity contribution in [3.63, 3.8) is 0 Å². The summed E-state index contributed by atoms with van der Waals surface area (Å²) in [6.45, 7) is 5.41. The summed E-state index contributed by atoms with van der Waals surface area (Å²) in [4.78, 5) is 10.9. The third-order valence-electron chi connectivity index (χ3n) is 1.17. The maximum absolute atomic E-state index is 10.9. The Morgan fingerprint density at radius 1 is 1.58 bits per heavy atom. The summed E-state index contributed by atoms with van der Waals surface area (Å²) in [6, 6.07) is 0. The predicted octanol–water partition coefficient (Wildman–Crippen LogP) is 0.539. The van der Waals surface area contributed by atoms with Gasteiger partial charge < -0.3 is 4.74 Å². The molecule has 0 saturated carbocycles. The molecule has 66 valence electrons. The van der Waals surface area contributed by atoms with Crippen LogP contribution in [0.1, 0.15) is 6.92 Å². The summed E-state index contributed by atoms with van der Waals surface area (Å²) >= 11 is 0. The molecule has 1 unspecified atom stereocenters. The van der Waals surface area contributed by atoms with Crippen molar-refractivity contribution >= 4 is 16.2 Å². The minimum absolute atomic E-state index is 0.0900. The van der Waals surface area contributed by atoms with Crippen molar-refractivity contribution in [2.24, 2.45) is 0 Å². The van der Waals surface area contributed by atoms with Gasteiger partial charge in [-0.05, 0) is 6.92 Å². The molecular formula is C9H14O2Si. The molecule has 0 saturated heterocycles. The molecule has 0 heterocycles. The number of esters is 1. The van der Waals surface area contributed by atoms with Gasteiger partial charge in [0.25, 0.3) is 0 Å². The van der Waals surface area contributed by atoms with Crippen molar-refractivity contribution in [2.45, 2.75) is 12.7 Å². The van der Waals surface area contributed by atoms with Crippen LogP contribution in [0.5, 0.6) is 0 Å². The van der Waals surface area contributed by atoms with Crippen molar-refractivity contribution < 1.29 is 9.53 Å². The molecule has 2 nitrogen and oxygen atoms in total. The molecule has 0 N–H and O–H groups in total. The van der Waals surface area contributed by atoms with Crippen LogP contribution in [-0.2, 0) is 9.53 Å². The Morgan fingerprint density at radius 3 is 2.75 bits per heavy atom. The van der Waals surface area contributed by atoms with Crippen molar-refractivity contribution in [2.75, 3.05) is 0 Å². The fourth-order valence-corrected chi connectivity index (χ4v) is 0.748. The molecule has 0 aromatic heterocycles. The van der Waals surface area contributed by atoms with E-state index in [9.17, 15) is 4.79 Å². The highest BCUT2D eigenvalue weighted by molar-refractivity contribution is 6.13. The van der Waals surface area contributed by atoms with Crippen LogP contribution in [0.3, 0.4) is 0 Å². The van der Waals surface area contributed by atoms with Crippen molar-refractivity contribution in [1.29, 1.82) is 0 Å². The monoisotopic (exact) mass is 182 g/mol. The third kappa shape index (κ3) is 5.67. The fourth-order valence-electron chi connectivity index (χ4n) is 0.516. The first-order valence-corrected chi connectivity index (χ1v) is 4.98. The summed E-state index contributed by atoms with van der Waals surface area (Å²) in [5, 5.41) is 0. The lowest BCUT2D eigenvalue weighted by Crippen LogP contribution is -2.13. The molecule has 0 aromatic carbocycles. The predicted molar refractivity (Wildman–Crippen MR) is 54.0 cm³/mol. The zero-order valence-electron chi connectivity index (χ0n) is 7.49. The van der Waals surface area contributed by atoms with Crippen molar-refractivity contribution in [1.82, 2.24) is 0 Å². The van der Waals surface area contributed by atoms with E-state index in [4.69, 9.17) is 4.74 Å². The highest BCUT2D eigenvalue weighted by atomic mass is 28.1. The van der Waals surface area contributed by atoms with Gasteiger partial charge in [-0.1, -0.05) is 30.9 Å². The highest BCUT2D eigenvalue weighted by Gasteiger charge is 1.99. The van der Waals surface area contributed by atoms with E-state index in [1.165, 1.54) is 6.08 Å². The van der Waals surface area contributed by atoms with E-state index in [0.717, 1.165) is 10.2 Å². The summed E-state index contributed by atoms with van der Waals surface area (Å²) in [5.41, 5.74) is -0.0900. The van der Waals surface area contributed by atoms with Crippen LogP contribution in [-0.4, -0.2) is 21.9 Å². The highest BCUT2D eigenvalue weighted by Crippen LogP contribution is 1.89. The Balaban J connectivity index is 3.81. The zero-order valence-corrected chi connectivity index (χ0v) is 9.49. The average Bonchev–Trinajstić information content (AvgIpc) is 2.05. The molecule has 3 heteroatoms. The number of carbonyl (C=O) groups excluding carboxylic acids is 1. The van der Waals surface area contributed by atoms with Gasteiger partial charge in [-0.3, -0.25) is 0 Å². The standard InChI is InChI=1S/C9H14O2Si/c1-3-5-6-7-8(10)11-9(12)4-2/h3-7,9H,2H2,1,12H3. The van der Waals surface area contributed by atoms with Crippen LogP contribution in [0.4, 0.5) is 0 Å². The normalized spacial score (nSPS) is 13.8. The molecule has 12 heavy (non-hydrogen) atoms. The number of rotatable bonds is 4. The molecule has 0 fully saturated rings. The fraction of sp³-hybridized carbons (Fsp3) is 0.222. The molecule has 0 aliphatic heterocycles. The first-order chi connectivity index (χ1) is 5.70. The molecule has 0 aliphatic carbocycles. The smallest absolute Gasteiger partial charge is 0.330 e. The van der Waals surface area contributed by atoms with Gasteiger partial charge in [0, 0.05) is 6.08 Å². The molecule has 0 rings (SSSR count). The van der Waals surface area contributed by atoms with Gasteiger partial charge in [-0.25, -0.2) is 4.79 Å². The van der Waals surface area contributed by atoms with Crippen LogP contribution < -0.4 is 0 Å². The largest absolute Gasteiger partial charge is 0.460 e. The molecule has 1 atom stereocenters. The van der Waals surface area contributed by atoms with Gasteiger partial charge in [0.05, 0.1) is 16.0 Å². The van der Waals surface area contributed by atoms with Gasteiger partial charge in [0.15, 0.2) is 0 Å². The molecular weight excluding hydrogens is 168 g/mol. The maximum Gasteiger partial charge on any atom is 0.330 e. The maximum atomic E-state index is 10.9. The second kappa shape index (κ2) is 6.61. The van der Waals surface area contributed by atoms with Crippen LogP contribution >= 0.6 is 0 Å². The second-order valence-electron chi connectivity index (χ2n) is 2.26. The first-order valence-electron chi connectivity index (χ1n) is 3.83. The van der Waals surface area contributed by atoms with E-state index in [2.05, 4.69) is 6.58 Å². The lowest BCUT2D eigenvalue weighted by molar-refractivity contribution is -0.138. The SMILES string of the molecule is C=CC([SiH3])OC(=O)C=CC=CC. The summed E-state index contributed by atoms with van der Waals surface area (Å²) < 4.78 is 4.93. The van der Waals surface area contributed by atoms with Crippen LogP contribution in [0.2, 0.25) is 0 Å². The van der Waals surface area contributed by atoms with E-state index in [1.54, 1.807) is 18.2 Å². The summed E-state index contributed by atoms with van der Waals surface area (Å²) in [6.07, 6.45) is 8.30. The number of allylic oxidation sites excluding steroid dienone is 3. The second-order valence-corrected chi connectivity index (χ2v) is 3.40. The average molecular weight is 182 g/mol. The number of ether oxygens (including phenoxy) is 1. The topological polar surface area (TPSA) is 26.3 Å². The van der Waals surface area contributed by atoms with Crippen LogP contribution in [0.15, 0.2) is 37.0 Å². The zero-order chi connectivity index (χ0) is 9.40. The Kier molecular flexibility index (Phi) is 6.00. The Bertz CT molecular complexity index is 207. The minimum atomic E-state index is -0.312. The number of hydrogen-bond acceptors (Lipinski definition) is 2. The lowest BCUT2D eigenvalue weighted by atomic mass is 10.4. The van der Waals surface area contributed by atoms with Gasteiger partial charge in [-0.15, -0.1) is 0 Å². The van der Waals surface area contributed by atoms with Gasteiger partial charge in [0.1, 0.15) is 0 Å². The van der Waals surface area contributed by atoms with Gasteiger partial charge >= 0.3 is 5.97 Å². The summed E-state index contributed by atoms with van der Waals surface area (Å²) in [7, 11) is 0.784. The van der Waals surface area contributed by atoms with E-state index >= 15 is 0 Å². The summed E-state index contributed by atoms with van der Waals surface area (Å²) in [5.74, 6) is -0.312. The molecule has 0 aliphatic rings. The third-order valence-corrected chi connectivity index (χ3v) is 1.88. The quantitative estimate of drug-likeness (QED) is 0.208. The molecule has 0 radical (unpaired) electrons. The van der Waals surface area contributed by atoms with Gasteiger partial charge in [0.2, 0.25) is 0 Å². The van der Waals surface area contributed by atoms with E-state index in [-0.39, 0.29) is 11.7 Å². The minimum Gasteiger partial charge on any atom is -0.460 e. The van der Waals surface area contributed by atoms with Gasteiger partial charge in [-0.2, -0.15) is 0 Å². The van der Waals surface area contributed by atoms with Crippen LogP contribution in [0.25, 0.3) is 0 Å². The van der Waals surface area contributed by atoms with E-state index < -0.39 is 0 Å². The molecule has 0 bridgehead atoms. The van der Waals surface area contributed by atoms with E-state index in [0.29, 0.717) is 0 Å². The molecule has 0 aromatic rings. The van der Waals surface area contributed by atoms with Crippen molar-refractivity contribution in [3.05, 3.63) is 37.0 Å². The molecule has 0 amide bonds. The lowest BCUT2D eigenvalue weighted by Gasteiger charge is -2.04. The number of carbonyl (C=O) groups is 1. The van der Waals surface area contributed by atoms with Crippen molar-refractivity contribution in [3.8, 4) is 0 Å². The molecule has 0 spiro atoms. The Hall–Kier alpha value is -1.09. The van der Waals surface area contributed by atoms with E-state index in [1.807, 2.05) is 13.0 Å².